The van der Waals surface area contributed by atoms with Gasteiger partial charge >= 0.3 is 5.97 Å². The first-order valence-corrected chi connectivity index (χ1v) is 4.88. The second kappa shape index (κ2) is 5.12. The van der Waals surface area contributed by atoms with Crippen molar-refractivity contribution in [2.24, 2.45) is 0 Å². The third kappa shape index (κ3) is 2.95. The maximum Gasteiger partial charge on any atom is 0.354 e. The summed E-state index contributed by atoms with van der Waals surface area (Å²) in [6, 6.07) is 1.21. The van der Waals surface area contributed by atoms with Crippen LogP contribution in [-0.4, -0.2) is 27.1 Å². The molecule has 5 heteroatoms. The predicted molar refractivity (Wildman–Crippen MR) is 60.3 cm³/mol. The first kappa shape index (κ1) is 12.0. The predicted octanol–water partition coefficient (Wildman–Crippen LogP) is 1.31. The summed E-state index contributed by atoms with van der Waals surface area (Å²) in [4.78, 5) is 18.6. The van der Waals surface area contributed by atoms with Crippen molar-refractivity contribution < 1.29 is 9.90 Å². The monoisotopic (exact) mass is 219 g/mol. The van der Waals surface area contributed by atoms with E-state index in [1.165, 1.54) is 6.07 Å². The topological polar surface area (TPSA) is 75.1 Å². The van der Waals surface area contributed by atoms with E-state index in [4.69, 9.17) is 11.5 Å². The molecular weight excluding hydrogens is 206 g/mol. The molecule has 1 rings (SSSR count). The number of terminal acetylenes is 1. The lowest BCUT2D eigenvalue weighted by Gasteiger charge is -2.11. The molecule has 0 saturated heterocycles. The Morgan fingerprint density at radius 3 is 2.88 bits per heavy atom. The van der Waals surface area contributed by atoms with E-state index in [2.05, 4.69) is 21.2 Å². The quantitative estimate of drug-likeness (QED) is 0.747. The van der Waals surface area contributed by atoms with Crippen LogP contribution >= 0.6 is 0 Å². The van der Waals surface area contributed by atoms with Gasteiger partial charge < -0.3 is 10.4 Å². The van der Waals surface area contributed by atoms with Crippen LogP contribution in [0.4, 0.5) is 5.82 Å². The van der Waals surface area contributed by atoms with E-state index in [9.17, 15) is 4.79 Å². The van der Waals surface area contributed by atoms with Gasteiger partial charge in [-0.15, -0.1) is 6.42 Å². The normalized spacial score (nSPS) is 11.6. The van der Waals surface area contributed by atoms with Gasteiger partial charge in [0.1, 0.15) is 11.6 Å². The molecule has 2 N–H and O–H groups in total. The van der Waals surface area contributed by atoms with Gasteiger partial charge in [0.15, 0.2) is 5.69 Å². The molecule has 1 heterocycles. The molecule has 0 aliphatic rings. The highest BCUT2D eigenvalue weighted by molar-refractivity contribution is 5.86. The Bertz CT molecular complexity index is 437. The third-order valence-corrected chi connectivity index (χ3v) is 1.99. The van der Waals surface area contributed by atoms with Crippen molar-refractivity contribution in [3.63, 3.8) is 0 Å². The summed E-state index contributed by atoms with van der Waals surface area (Å²) in [6.45, 7) is 3.57. The summed E-state index contributed by atoms with van der Waals surface area (Å²) < 4.78 is 0. The number of aromatic nitrogens is 2. The van der Waals surface area contributed by atoms with Crippen molar-refractivity contribution in [2.75, 3.05) is 5.32 Å². The van der Waals surface area contributed by atoms with Crippen molar-refractivity contribution in [3.8, 4) is 12.3 Å². The smallest absolute Gasteiger partial charge is 0.354 e. The van der Waals surface area contributed by atoms with Crippen LogP contribution < -0.4 is 5.32 Å². The lowest BCUT2D eigenvalue weighted by atomic mass is 10.2. The van der Waals surface area contributed by atoms with Gasteiger partial charge in [0.05, 0.1) is 6.04 Å². The summed E-state index contributed by atoms with van der Waals surface area (Å²) >= 11 is 0. The number of carboxylic acids is 1. The number of nitrogens with zero attached hydrogens (tertiary/aromatic N) is 2. The van der Waals surface area contributed by atoms with Gasteiger partial charge in [-0.25, -0.2) is 14.8 Å². The summed E-state index contributed by atoms with van der Waals surface area (Å²) in [5, 5.41) is 11.8. The molecule has 0 aromatic carbocycles. The largest absolute Gasteiger partial charge is 0.477 e. The number of carboxylic acid groups (broad SMARTS) is 1. The summed E-state index contributed by atoms with van der Waals surface area (Å²) in [5.74, 6) is 2.31. The van der Waals surface area contributed by atoms with E-state index in [1.54, 1.807) is 6.92 Å². The molecule has 0 spiro atoms. The number of anilines is 1. The molecule has 5 nitrogen and oxygen atoms in total. The lowest BCUT2D eigenvalue weighted by molar-refractivity contribution is 0.0690. The van der Waals surface area contributed by atoms with Crippen LogP contribution in [0.1, 0.15) is 29.7 Å². The van der Waals surface area contributed by atoms with Gasteiger partial charge in [0, 0.05) is 6.07 Å². The number of aryl methyl sites for hydroxylation is 1. The van der Waals surface area contributed by atoms with Crippen LogP contribution in [0.5, 0.6) is 0 Å². The number of nitrogens with one attached hydrogen (secondary N) is 1. The fourth-order valence-electron chi connectivity index (χ4n) is 1.19. The Balaban J connectivity index is 2.97. The fraction of sp³-hybridized carbons (Fsp3) is 0.364. The number of rotatable bonds is 4. The Hall–Kier alpha value is -2.09. The molecule has 0 aliphatic heterocycles. The van der Waals surface area contributed by atoms with Crippen molar-refractivity contribution >= 4 is 11.8 Å². The molecule has 1 aromatic rings. The molecule has 84 valence electrons. The van der Waals surface area contributed by atoms with Crippen molar-refractivity contribution in [1.82, 2.24) is 9.97 Å². The Morgan fingerprint density at radius 1 is 1.69 bits per heavy atom. The van der Waals surface area contributed by atoms with Gasteiger partial charge in [0.2, 0.25) is 0 Å². The summed E-state index contributed by atoms with van der Waals surface area (Å²) in [6.07, 6.45) is 6.03. The lowest BCUT2D eigenvalue weighted by Crippen LogP contribution is -2.18. The SMILES string of the molecule is C#CC(CC)Nc1cc(C(=O)O)nc(C)n1. The van der Waals surface area contributed by atoms with E-state index in [0.29, 0.717) is 11.6 Å². The summed E-state index contributed by atoms with van der Waals surface area (Å²) in [5.41, 5.74) is -0.0399. The molecule has 1 unspecified atom stereocenters. The van der Waals surface area contributed by atoms with Gasteiger partial charge in [-0.2, -0.15) is 0 Å². The average Bonchev–Trinajstić information content (AvgIpc) is 2.25. The zero-order valence-corrected chi connectivity index (χ0v) is 9.19. The van der Waals surface area contributed by atoms with Crippen molar-refractivity contribution in [2.45, 2.75) is 26.3 Å². The molecule has 0 fully saturated rings. The van der Waals surface area contributed by atoms with Gasteiger partial charge in [-0.1, -0.05) is 12.8 Å². The van der Waals surface area contributed by atoms with E-state index >= 15 is 0 Å². The van der Waals surface area contributed by atoms with Crippen LogP contribution in [0.2, 0.25) is 0 Å². The van der Waals surface area contributed by atoms with Crippen molar-refractivity contribution in [1.29, 1.82) is 0 Å². The third-order valence-electron chi connectivity index (χ3n) is 1.99. The molecule has 0 amide bonds. The Morgan fingerprint density at radius 2 is 2.38 bits per heavy atom. The van der Waals surface area contributed by atoms with E-state index in [-0.39, 0.29) is 11.7 Å². The summed E-state index contributed by atoms with van der Waals surface area (Å²) in [7, 11) is 0. The highest BCUT2D eigenvalue weighted by Crippen LogP contribution is 2.09. The van der Waals surface area contributed by atoms with E-state index in [0.717, 1.165) is 6.42 Å². The minimum Gasteiger partial charge on any atom is -0.477 e. The van der Waals surface area contributed by atoms with Gasteiger partial charge in [-0.05, 0) is 13.3 Å². The standard InChI is InChI=1S/C11H13N3O2/c1-4-8(5-2)14-10-6-9(11(15)16)12-7(3)13-10/h1,6,8H,5H2,2-3H3,(H,15,16)(H,12,13,14). The van der Waals surface area contributed by atoms with Crippen LogP contribution in [0.3, 0.4) is 0 Å². The number of hydrogen-bond acceptors (Lipinski definition) is 4. The second-order valence-corrected chi connectivity index (χ2v) is 3.26. The van der Waals surface area contributed by atoms with Crippen molar-refractivity contribution in [3.05, 3.63) is 17.6 Å². The average molecular weight is 219 g/mol. The first-order valence-electron chi connectivity index (χ1n) is 4.88. The fourth-order valence-corrected chi connectivity index (χ4v) is 1.19. The van der Waals surface area contributed by atoms with Crippen LogP contribution in [0, 0.1) is 19.3 Å². The molecule has 0 radical (unpaired) electrons. The molecule has 0 saturated carbocycles. The maximum atomic E-state index is 10.8. The Kier molecular flexibility index (Phi) is 3.84. The Labute approximate surface area is 93.9 Å². The van der Waals surface area contributed by atoms with E-state index in [1.807, 2.05) is 6.92 Å². The minimum atomic E-state index is -1.08. The van der Waals surface area contributed by atoms with Gasteiger partial charge in [0.25, 0.3) is 0 Å². The van der Waals surface area contributed by atoms with Crippen LogP contribution in [0.25, 0.3) is 0 Å². The molecule has 1 aromatic heterocycles. The zero-order valence-electron chi connectivity index (χ0n) is 9.19. The molecule has 0 aliphatic carbocycles. The maximum absolute atomic E-state index is 10.8. The first-order chi connectivity index (χ1) is 7.56. The molecule has 1 atom stereocenters. The molecule has 0 bridgehead atoms. The van der Waals surface area contributed by atoms with Gasteiger partial charge in [-0.3, -0.25) is 0 Å². The number of carbonyl (C=O) groups is 1. The van der Waals surface area contributed by atoms with E-state index < -0.39 is 5.97 Å². The molecule has 16 heavy (non-hydrogen) atoms. The number of hydrogen-bond donors (Lipinski definition) is 2. The highest BCUT2D eigenvalue weighted by Gasteiger charge is 2.10. The van der Waals surface area contributed by atoms with Crippen LogP contribution in [-0.2, 0) is 0 Å². The van der Waals surface area contributed by atoms with Crippen LogP contribution in [0.15, 0.2) is 6.07 Å². The second-order valence-electron chi connectivity index (χ2n) is 3.26. The minimum absolute atomic E-state index is 0.0399. The molecular formula is C11H13N3O2. The highest BCUT2D eigenvalue weighted by atomic mass is 16.4. The zero-order chi connectivity index (χ0) is 12.1. The number of aromatic carboxylic acids is 1.